The van der Waals surface area contributed by atoms with Crippen LogP contribution in [0.15, 0.2) is 16.6 Å². The lowest BCUT2D eigenvalue weighted by molar-refractivity contribution is 0.112. The van der Waals surface area contributed by atoms with Gasteiger partial charge in [-0.25, -0.2) is 0 Å². The Morgan fingerprint density at radius 3 is 2.73 bits per heavy atom. The minimum absolute atomic E-state index is 0.0281. The summed E-state index contributed by atoms with van der Waals surface area (Å²) in [6.45, 7) is 0. The van der Waals surface area contributed by atoms with Crippen LogP contribution in [0, 0.1) is 0 Å². The molecule has 4 heteroatoms. The average Bonchev–Trinajstić information content (AvgIpc) is 1.96. The number of hydrogen-bond acceptors (Lipinski definition) is 2. The second kappa shape index (κ2) is 3.24. The van der Waals surface area contributed by atoms with Crippen LogP contribution in [0.3, 0.4) is 0 Å². The summed E-state index contributed by atoms with van der Waals surface area (Å²) in [7, 11) is 0. The molecular formula is C7H4BrClO2. The number of aldehydes is 1. The third kappa shape index (κ3) is 1.73. The summed E-state index contributed by atoms with van der Waals surface area (Å²) in [6.07, 6.45) is 0.621. The van der Waals surface area contributed by atoms with Gasteiger partial charge in [0, 0.05) is 10.6 Å². The van der Waals surface area contributed by atoms with Gasteiger partial charge in [0.05, 0.1) is 4.47 Å². The molecule has 2 nitrogen and oxygen atoms in total. The van der Waals surface area contributed by atoms with Crippen molar-refractivity contribution >= 4 is 33.8 Å². The fraction of sp³-hybridized carbons (Fsp3) is 0. The van der Waals surface area contributed by atoms with E-state index in [0.29, 0.717) is 21.3 Å². The van der Waals surface area contributed by atoms with E-state index >= 15 is 0 Å². The first-order valence-corrected chi connectivity index (χ1v) is 3.95. The largest absolute Gasteiger partial charge is 0.507 e. The quantitative estimate of drug-likeness (QED) is 0.760. The first kappa shape index (κ1) is 8.56. The molecule has 11 heavy (non-hydrogen) atoms. The van der Waals surface area contributed by atoms with E-state index in [4.69, 9.17) is 16.7 Å². The zero-order valence-electron chi connectivity index (χ0n) is 5.34. The Morgan fingerprint density at radius 1 is 1.55 bits per heavy atom. The molecular weight excluding hydrogens is 231 g/mol. The van der Waals surface area contributed by atoms with Crippen molar-refractivity contribution in [2.24, 2.45) is 0 Å². The summed E-state index contributed by atoms with van der Waals surface area (Å²) in [5.41, 5.74) is 0.343. The lowest BCUT2D eigenvalue weighted by Gasteiger charge is -1.99. The molecule has 0 bridgehead atoms. The molecule has 0 saturated carbocycles. The number of phenols is 1. The first-order valence-electron chi connectivity index (χ1n) is 2.78. The van der Waals surface area contributed by atoms with Crippen LogP contribution in [-0.4, -0.2) is 11.4 Å². The Balaban J connectivity index is 3.35. The Kier molecular flexibility index (Phi) is 2.52. The predicted octanol–water partition coefficient (Wildman–Crippen LogP) is 2.62. The van der Waals surface area contributed by atoms with Crippen molar-refractivity contribution < 1.29 is 9.90 Å². The van der Waals surface area contributed by atoms with E-state index in [1.54, 1.807) is 0 Å². The summed E-state index contributed by atoms with van der Waals surface area (Å²) in [4.78, 5) is 10.3. The molecule has 0 radical (unpaired) electrons. The highest BCUT2D eigenvalue weighted by Gasteiger charge is 2.05. The van der Waals surface area contributed by atoms with Gasteiger partial charge in [0.2, 0.25) is 0 Å². The Morgan fingerprint density at radius 2 is 2.18 bits per heavy atom. The number of hydrogen-bond donors (Lipinski definition) is 1. The summed E-state index contributed by atoms with van der Waals surface area (Å²) in [6, 6.07) is 2.83. The molecule has 0 aliphatic carbocycles. The summed E-state index contributed by atoms with van der Waals surface area (Å²) in [5, 5.41) is 9.46. The van der Waals surface area contributed by atoms with Gasteiger partial charge in [-0.1, -0.05) is 11.6 Å². The van der Waals surface area contributed by atoms with Crippen LogP contribution >= 0.6 is 27.5 Å². The summed E-state index contributed by atoms with van der Waals surface area (Å²) in [5.74, 6) is -0.0281. The zero-order chi connectivity index (χ0) is 8.43. The van der Waals surface area contributed by atoms with Gasteiger partial charge < -0.3 is 5.11 Å². The van der Waals surface area contributed by atoms with Gasteiger partial charge in [-0.3, -0.25) is 4.79 Å². The van der Waals surface area contributed by atoms with Gasteiger partial charge in [-0.2, -0.15) is 0 Å². The van der Waals surface area contributed by atoms with Crippen LogP contribution in [0.5, 0.6) is 5.75 Å². The number of halogens is 2. The highest BCUT2D eigenvalue weighted by molar-refractivity contribution is 9.10. The van der Waals surface area contributed by atoms with Crippen molar-refractivity contribution in [2.45, 2.75) is 0 Å². The molecule has 0 aliphatic heterocycles. The molecule has 0 saturated heterocycles. The van der Waals surface area contributed by atoms with Gasteiger partial charge in [0.25, 0.3) is 0 Å². The molecule has 58 valence electrons. The Bertz CT molecular complexity index is 299. The van der Waals surface area contributed by atoms with Crippen LogP contribution in [0.4, 0.5) is 0 Å². The second-order valence-electron chi connectivity index (χ2n) is 1.95. The lowest BCUT2D eigenvalue weighted by Crippen LogP contribution is -1.82. The Hall–Kier alpha value is -0.540. The van der Waals surface area contributed by atoms with Gasteiger partial charge in [-0.15, -0.1) is 0 Å². The topological polar surface area (TPSA) is 37.3 Å². The predicted molar refractivity (Wildman–Crippen MR) is 46.2 cm³/mol. The highest BCUT2D eigenvalue weighted by Crippen LogP contribution is 2.29. The monoisotopic (exact) mass is 234 g/mol. The van der Waals surface area contributed by atoms with Crippen LogP contribution in [0.2, 0.25) is 5.02 Å². The minimum atomic E-state index is -0.0281. The molecule has 0 unspecified atom stereocenters. The third-order valence-electron chi connectivity index (χ3n) is 1.17. The molecule has 0 aliphatic rings. The van der Waals surface area contributed by atoms with Crippen LogP contribution in [0.25, 0.3) is 0 Å². The SMILES string of the molecule is O=Cc1cc(Cl)cc(O)c1Br. The number of carbonyl (C=O) groups is 1. The highest BCUT2D eigenvalue weighted by atomic mass is 79.9. The lowest BCUT2D eigenvalue weighted by atomic mass is 10.2. The number of aromatic hydroxyl groups is 1. The van der Waals surface area contributed by atoms with Gasteiger partial charge in [-0.05, 0) is 28.1 Å². The normalized spacial score (nSPS) is 9.64. The first-order chi connectivity index (χ1) is 5.15. The molecule has 1 N–H and O–H groups in total. The fourth-order valence-corrected chi connectivity index (χ4v) is 1.22. The number of carbonyl (C=O) groups excluding carboxylic acids is 1. The maximum atomic E-state index is 10.3. The van der Waals surface area contributed by atoms with Gasteiger partial charge >= 0.3 is 0 Å². The van der Waals surface area contributed by atoms with Gasteiger partial charge in [0.15, 0.2) is 6.29 Å². The van der Waals surface area contributed by atoms with Crippen molar-refractivity contribution in [1.82, 2.24) is 0 Å². The molecule has 0 amide bonds. The summed E-state index contributed by atoms with van der Waals surface area (Å²) < 4.78 is 0.372. The average molecular weight is 235 g/mol. The van der Waals surface area contributed by atoms with Gasteiger partial charge in [0.1, 0.15) is 5.75 Å². The van der Waals surface area contributed by atoms with Crippen molar-refractivity contribution in [2.75, 3.05) is 0 Å². The van der Waals surface area contributed by atoms with Crippen LogP contribution in [0.1, 0.15) is 10.4 Å². The standard InChI is InChI=1S/C7H4BrClO2/c8-7-4(3-10)1-5(9)2-6(7)11/h1-3,11H. The molecule has 0 aromatic heterocycles. The van der Waals surface area contributed by atoms with Crippen molar-refractivity contribution in [3.8, 4) is 5.75 Å². The molecule has 0 heterocycles. The van der Waals surface area contributed by atoms with E-state index in [-0.39, 0.29) is 5.75 Å². The summed E-state index contributed by atoms with van der Waals surface area (Å²) >= 11 is 8.60. The molecule has 0 fully saturated rings. The van der Waals surface area contributed by atoms with Crippen molar-refractivity contribution in [3.05, 3.63) is 27.2 Å². The van der Waals surface area contributed by atoms with Crippen LogP contribution in [-0.2, 0) is 0 Å². The smallest absolute Gasteiger partial charge is 0.151 e. The van der Waals surface area contributed by atoms with E-state index in [1.807, 2.05) is 0 Å². The van der Waals surface area contributed by atoms with E-state index in [0.717, 1.165) is 0 Å². The van der Waals surface area contributed by atoms with Crippen molar-refractivity contribution in [3.63, 3.8) is 0 Å². The maximum absolute atomic E-state index is 10.3. The Labute approximate surface area is 76.9 Å². The van der Waals surface area contributed by atoms with Crippen LogP contribution < -0.4 is 0 Å². The zero-order valence-corrected chi connectivity index (χ0v) is 7.69. The number of benzene rings is 1. The van der Waals surface area contributed by atoms with E-state index in [9.17, 15) is 4.79 Å². The van der Waals surface area contributed by atoms with E-state index in [1.165, 1.54) is 12.1 Å². The second-order valence-corrected chi connectivity index (χ2v) is 3.18. The minimum Gasteiger partial charge on any atom is -0.507 e. The molecule has 1 rings (SSSR count). The van der Waals surface area contributed by atoms with E-state index in [2.05, 4.69) is 15.9 Å². The molecule has 0 atom stereocenters. The molecule has 0 spiro atoms. The number of rotatable bonds is 1. The third-order valence-corrected chi connectivity index (χ3v) is 2.26. The molecule has 1 aromatic rings. The number of phenolic OH excluding ortho intramolecular Hbond substituents is 1. The fourth-order valence-electron chi connectivity index (χ4n) is 0.681. The van der Waals surface area contributed by atoms with Crippen molar-refractivity contribution in [1.29, 1.82) is 0 Å². The molecule has 1 aromatic carbocycles. The van der Waals surface area contributed by atoms with E-state index < -0.39 is 0 Å². The maximum Gasteiger partial charge on any atom is 0.151 e.